The average molecular weight is 193 g/mol. The fourth-order valence-electron chi connectivity index (χ4n) is 1.56. The van der Waals surface area contributed by atoms with E-state index in [1.807, 2.05) is 18.2 Å². The summed E-state index contributed by atoms with van der Waals surface area (Å²) in [5.74, 6) is 5.29. The zero-order chi connectivity index (χ0) is 10.2. The highest BCUT2D eigenvalue weighted by Gasteiger charge is 2.09. The standard InChI is InChI=1S/C12H19NO/c1-2-3-5-10-12(14-13)11-8-6-4-7-9-11/h4,6-9,12H,2-3,5,10,13H2,1H3. The Morgan fingerprint density at radius 1 is 1.21 bits per heavy atom. The van der Waals surface area contributed by atoms with Gasteiger partial charge < -0.3 is 0 Å². The Labute approximate surface area is 86.0 Å². The van der Waals surface area contributed by atoms with Crippen LogP contribution in [-0.4, -0.2) is 0 Å². The molecule has 0 saturated carbocycles. The van der Waals surface area contributed by atoms with E-state index < -0.39 is 0 Å². The molecule has 1 rings (SSSR count). The molecule has 2 heteroatoms. The Bertz CT molecular complexity index is 235. The Balaban J connectivity index is 2.46. The van der Waals surface area contributed by atoms with Gasteiger partial charge in [-0.05, 0) is 12.0 Å². The molecule has 14 heavy (non-hydrogen) atoms. The summed E-state index contributed by atoms with van der Waals surface area (Å²) in [5, 5.41) is 0. The summed E-state index contributed by atoms with van der Waals surface area (Å²) in [7, 11) is 0. The lowest BCUT2D eigenvalue weighted by molar-refractivity contribution is 0.0447. The van der Waals surface area contributed by atoms with Crippen LogP contribution in [-0.2, 0) is 4.84 Å². The van der Waals surface area contributed by atoms with Crippen LogP contribution in [0.2, 0.25) is 0 Å². The highest BCUT2D eigenvalue weighted by molar-refractivity contribution is 5.17. The molecule has 2 nitrogen and oxygen atoms in total. The van der Waals surface area contributed by atoms with Crippen molar-refractivity contribution in [3.05, 3.63) is 35.9 Å². The fraction of sp³-hybridized carbons (Fsp3) is 0.500. The predicted octanol–water partition coefficient (Wildman–Crippen LogP) is 3.20. The largest absolute Gasteiger partial charge is 0.297 e. The van der Waals surface area contributed by atoms with E-state index in [-0.39, 0.29) is 6.10 Å². The van der Waals surface area contributed by atoms with Gasteiger partial charge in [-0.2, -0.15) is 0 Å². The second-order valence-corrected chi connectivity index (χ2v) is 3.53. The molecule has 0 aromatic heterocycles. The van der Waals surface area contributed by atoms with Crippen molar-refractivity contribution in [2.45, 2.75) is 38.7 Å². The molecule has 1 atom stereocenters. The first-order valence-electron chi connectivity index (χ1n) is 5.29. The second kappa shape index (κ2) is 6.57. The maximum absolute atomic E-state index is 5.29. The summed E-state index contributed by atoms with van der Waals surface area (Å²) >= 11 is 0. The van der Waals surface area contributed by atoms with Crippen molar-refractivity contribution < 1.29 is 4.84 Å². The van der Waals surface area contributed by atoms with Gasteiger partial charge in [0, 0.05) is 0 Å². The van der Waals surface area contributed by atoms with Gasteiger partial charge in [-0.15, -0.1) is 0 Å². The summed E-state index contributed by atoms with van der Waals surface area (Å²) < 4.78 is 0. The first kappa shape index (κ1) is 11.2. The molecule has 0 fully saturated rings. The molecule has 1 aromatic rings. The topological polar surface area (TPSA) is 35.2 Å². The van der Waals surface area contributed by atoms with Crippen molar-refractivity contribution >= 4 is 0 Å². The maximum atomic E-state index is 5.29. The van der Waals surface area contributed by atoms with Gasteiger partial charge in [0.2, 0.25) is 0 Å². The number of unbranched alkanes of at least 4 members (excludes halogenated alkanes) is 2. The van der Waals surface area contributed by atoms with Gasteiger partial charge in [0.05, 0.1) is 0 Å². The molecule has 0 bridgehead atoms. The van der Waals surface area contributed by atoms with E-state index in [1.165, 1.54) is 24.8 Å². The molecule has 2 N–H and O–H groups in total. The lowest BCUT2D eigenvalue weighted by Crippen LogP contribution is -2.09. The van der Waals surface area contributed by atoms with Crippen molar-refractivity contribution in [1.82, 2.24) is 0 Å². The van der Waals surface area contributed by atoms with Crippen LogP contribution in [0.25, 0.3) is 0 Å². The van der Waals surface area contributed by atoms with E-state index in [4.69, 9.17) is 10.7 Å². The van der Waals surface area contributed by atoms with Crippen molar-refractivity contribution in [3.63, 3.8) is 0 Å². The molecule has 1 aromatic carbocycles. The van der Waals surface area contributed by atoms with E-state index in [0.29, 0.717) is 0 Å². The van der Waals surface area contributed by atoms with Gasteiger partial charge in [-0.25, -0.2) is 5.90 Å². The fourth-order valence-corrected chi connectivity index (χ4v) is 1.56. The average Bonchev–Trinajstić information content (AvgIpc) is 2.26. The molecule has 0 heterocycles. The van der Waals surface area contributed by atoms with Gasteiger partial charge in [0.25, 0.3) is 0 Å². The third-order valence-electron chi connectivity index (χ3n) is 2.41. The Hall–Kier alpha value is -0.860. The Morgan fingerprint density at radius 3 is 2.50 bits per heavy atom. The summed E-state index contributed by atoms with van der Waals surface area (Å²) in [5.41, 5.74) is 1.17. The molecule has 0 aliphatic carbocycles. The maximum Gasteiger partial charge on any atom is 0.104 e. The van der Waals surface area contributed by atoms with Gasteiger partial charge in [-0.1, -0.05) is 56.5 Å². The van der Waals surface area contributed by atoms with Crippen LogP contribution in [0.3, 0.4) is 0 Å². The van der Waals surface area contributed by atoms with Crippen LogP contribution < -0.4 is 5.90 Å². The molecule has 0 amide bonds. The van der Waals surface area contributed by atoms with Gasteiger partial charge in [0.1, 0.15) is 6.10 Å². The van der Waals surface area contributed by atoms with E-state index in [2.05, 4.69) is 19.1 Å². The minimum atomic E-state index is 0.0581. The molecule has 0 aliphatic rings. The first-order chi connectivity index (χ1) is 6.88. The number of hydrogen-bond acceptors (Lipinski definition) is 2. The van der Waals surface area contributed by atoms with Crippen molar-refractivity contribution in [1.29, 1.82) is 0 Å². The van der Waals surface area contributed by atoms with E-state index >= 15 is 0 Å². The lowest BCUT2D eigenvalue weighted by Gasteiger charge is -2.14. The summed E-state index contributed by atoms with van der Waals surface area (Å²) in [6.45, 7) is 2.20. The molecule has 0 saturated heterocycles. The minimum Gasteiger partial charge on any atom is -0.297 e. The molecule has 0 aliphatic heterocycles. The third-order valence-corrected chi connectivity index (χ3v) is 2.41. The van der Waals surface area contributed by atoms with Crippen molar-refractivity contribution in [3.8, 4) is 0 Å². The quantitative estimate of drug-likeness (QED) is 0.556. The zero-order valence-electron chi connectivity index (χ0n) is 8.78. The number of hydrogen-bond donors (Lipinski definition) is 1. The number of nitrogens with two attached hydrogens (primary N) is 1. The predicted molar refractivity (Wildman–Crippen MR) is 58.6 cm³/mol. The van der Waals surface area contributed by atoms with Crippen molar-refractivity contribution in [2.24, 2.45) is 5.90 Å². The lowest BCUT2D eigenvalue weighted by atomic mass is 10.0. The van der Waals surface area contributed by atoms with Crippen LogP contribution in [0, 0.1) is 0 Å². The highest BCUT2D eigenvalue weighted by Crippen LogP contribution is 2.21. The van der Waals surface area contributed by atoms with Gasteiger partial charge in [0.15, 0.2) is 0 Å². The van der Waals surface area contributed by atoms with Crippen LogP contribution in [0.5, 0.6) is 0 Å². The van der Waals surface area contributed by atoms with E-state index in [1.54, 1.807) is 0 Å². The monoisotopic (exact) mass is 193 g/mol. The van der Waals surface area contributed by atoms with Crippen LogP contribution in [0.4, 0.5) is 0 Å². The third kappa shape index (κ3) is 3.48. The number of rotatable bonds is 6. The molecule has 78 valence electrons. The molecule has 0 radical (unpaired) electrons. The summed E-state index contributed by atoms with van der Waals surface area (Å²) in [6.07, 6.45) is 4.71. The molecule has 0 spiro atoms. The first-order valence-corrected chi connectivity index (χ1v) is 5.29. The summed E-state index contributed by atoms with van der Waals surface area (Å²) in [4.78, 5) is 4.98. The minimum absolute atomic E-state index is 0.0581. The van der Waals surface area contributed by atoms with Crippen molar-refractivity contribution in [2.75, 3.05) is 0 Å². The van der Waals surface area contributed by atoms with Crippen LogP contribution in [0.15, 0.2) is 30.3 Å². The normalized spacial score (nSPS) is 12.7. The molecular formula is C12H19NO. The SMILES string of the molecule is CCCCCC(ON)c1ccccc1. The van der Waals surface area contributed by atoms with E-state index in [9.17, 15) is 0 Å². The Morgan fingerprint density at radius 2 is 1.93 bits per heavy atom. The zero-order valence-corrected chi connectivity index (χ0v) is 8.78. The van der Waals surface area contributed by atoms with Crippen LogP contribution >= 0.6 is 0 Å². The highest BCUT2D eigenvalue weighted by atomic mass is 16.6. The Kier molecular flexibility index (Phi) is 5.27. The van der Waals surface area contributed by atoms with Gasteiger partial charge >= 0.3 is 0 Å². The second-order valence-electron chi connectivity index (χ2n) is 3.53. The molecule has 1 unspecified atom stereocenters. The molecular weight excluding hydrogens is 174 g/mol. The van der Waals surface area contributed by atoms with Gasteiger partial charge in [-0.3, -0.25) is 4.84 Å². The summed E-state index contributed by atoms with van der Waals surface area (Å²) in [6, 6.07) is 10.2. The van der Waals surface area contributed by atoms with Crippen LogP contribution in [0.1, 0.15) is 44.3 Å². The smallest absolute Gasteiger partial charge is 0.104 e. The number of benzene rings is 1. The van der Waals surface area contributed by atoms with E-state index in [0.717, 1.165) is 6.42 Å².